The molecule has 2 fully saturated rings. The lowest BCUT2D eigenvalue weighted by atomic mass is 9.82. The summed E-state index contributed by atoms with van der Waals surface area (Å²) in [4.78, 5) is 13.7. The van der Waals surface area contributed by atoms with Crippen molar-refractivity contribution < 1.29 is 4.79 Å². The molecule has 2 heteroatoms. The second-order valence-corrected chi connectivity index (χ2v) is 4.78. The van der Waals surface area contributed by atoms with Crippen LogP contribution in [0.15, 0.2) is 0 Å². The highest BCUT2D eigenvalue weighted by atomic mass is 16.1. The number of rotatable bonds is 2. The van der Waals surface area contributed by atoms with Crippen LogP contribution in [0.5, 0.6) is 0 Å². The van der Waals surface area contributed by atoms with Gasteiger partial charge in [-0.2, -0.15) is 0 Å². The maximum Gasteiger partial charge on any atom is 0.148 e. The lowest BCUT2D eigenvalue weighted by Crippen LogP contribution is -2.41. The molecule has 14 heavy (non-hydrogen) atoms. The molecule has 0 N–H and O–H groups in total. The van der Waals surface area contributed by atoms with Crippen molar-refractivity contribution in [3.05, 3.63) is 0 Å². The Labute approximate surface area is 86.7 Å². The van der Waals surface area contributed by atoms with Crippen LogP contribution in [0.1, 0.15) is 45.4 Å². The van der Waals surface area contributed by atoms with Crippen LogP contribution in [0.3, 0.4) is 0 Å². The van der Waals surface area contributed by atoms with E-state index in [0.29, 0.717) is 5.78 Å². The summed E-state index contributed by atoms with van der Waals surface area (Å²) in [6, 6.07) is 0.722. The van der Waals surface area contributed by atoms with Gasteiger partial charge in [-0.3, -0.25) is 9.69 Å². The Morgan fingerprint density at radius 3 is 2.79 bits per heavy atom. The molecule has 2 aliphatic rings. The zero-order valence-corrected chi connectivity index (χ0v) is 9.17. The van der Waals surface area contributed by atoms with Crippen LogP contribution in [0.2, 0.25) is 0 Å². The summed E-state index contributed by atoms with van der Waals surface area (Å²) >= 11 is 0. The zero-order valence-electron chi connectivity index (χ0n) is 9.17. The molecule has 0 bridgehead atoms. The van der Waals surface area contributed by atoms with E-state index >= 15 is 0 Å². The minimum atomic E-state index is 0.449. The van der Waals surface area contributed by atoms with Gasteiger partial charge in [-0.05, 0) is 18.8 Å². The highest BCUT2D eigenvalue weighted by Crippen LogP contribution is 2.31. The summed E-state index contributed by atoms with van der Waals surface area (Å²) in [5, 5.41) is 0. The molecule has 0 amide bonds. The standard InChI is InChI=1S/C12H21NO/c1-2-10-5-3-4-6-12(10)13-8-7-11(14)9-13/h10,12H,2-9H2,1H3. The van der Waals surface area contributed by atoms with Crippen LogP contribution >= 0.6 is 0 Å². The quantitative estimate of drug-likeness (QED) is 0.673. The molecular weight excluding hydrogens is 174 g/mol. The molecule has 0 aromatic heterocycles. The normalized spacial score (nSPS) is 35.1. The molecule has 1 aliphatic heterocycles. The first kappa shape index (κ1) is 10.2. The summed E-state index contributed by atoms with van der Waals surface area (Å²) in [5.74, 6) is 1.31. The maximum atomic E-state index is 11.2. The van der Waals surface area contributed by atoms with Gasteiger partial charge in [-0.25, -0.2) is 0 Å². The zero-order chi connectivity index (χ0) is 9.97. The van der Waals surface area contributed by atoms with Crippen molar-refractivity contribution in [2.24, 2.45) is 5.92 Å². The van der Waals surface area contributed by atoms with Gasteiger partial charge in [0, 0.05) is 19.0 Å². The van der Waals surface area contributed by atoms with Crippen LogP contribution < -0.4 is 0 Å². The predicted molar refractivity (Wildman–Crippen MR) is 57.2 cm³/mol. The monoisotopic (exact) mass is 195 g/mol. The molecule has 80 valence electrons. The van der Waals surface area contributed by atoms with Gasteiger partial charge >= 0.3 is 0 Å². The minimum Gasteiger partial charge on any atom is -0.298 e. The Morgan fingerprint density at radius 2 is 2.14 bits per heavy atom. The largest absolute Gasteiger partial charge is 0.298 e. The number of likely N-dealkylation sites (tertiary alicyclic amines) is 1. The van der Waals surface area contributed by atoms with Crippen molar-refractivity contribution in [1.82, 2.24) is 4.90 Å². The summed E-state index contributed by atoms with van der Waals surface area (Å²) in [6.45, 7) is 4.06. The van der Waals surface area contributed by atoms with E-state index in [4.69, 9.17) is 0 Å². The van der Waals surface area contributed by atoms with E-state index in [0.717, 1.165) is 31.5 Å². The van der Waals surface area contributed by atoms with Gasteiger partial charge in [0.2, 0.25) is 0 Å². The van der Waals surface area contributed by atoms with Crippen molar-refractivity contribution in [3.8, 4) is 0 Å². The molecular formula is C12H21NO. The van der Waals surface area contributed by atoms with Crippen LogP contribution in [0.25, 0.3) is 0 Å². The van der Waals surface area contributed by atoms with Crippen molar-refractivity contribution in [2.75, 3.05) is 13.1 Å². The van der Waals surface area contributed by atoms with Gasteiger partial charge < -0.3 is 0 Å². The second-order valence-electron chi connectivity index (χ2n) is 4.78. The Bertz CT molecular complexity index is 214. The number of hydrogen-bond donors (Lipinski definition) is 0. The third-order valence-electron chi connectivity index (χ3n) is 3.92. The molecule has 2 rings (SSSR count). The highest BCUT2D eigenvalue weighted by molar-refractivity contribution is 5.82. The first-order valence-electron chi connectivity index (χ1n) is 6.07. The maximum absolute atomic E-state index is 11.2. The predicted octanol–water partition coefficient (Wildman–Crippen LogP) is 2.23. The summed E-state index contributed by atoms with van der Waals surface area (Å²) in [6.07, 6.45) is 7.56. The smallest absolute Gasteiger partial charge is 0.148 e. The number of nitrogens with zero attached hydrogens (tertiary/aromatic N) is 1. The van der Waals surface area contributed by atoms with Crippen molar-refractivity contribution in [1.29, 1.82) is 0 Å². The average molecular weight is 195 g/mol. The Balaban J connectivity index is 1.96. The fraction of sp³-hybridized carbons (Fsp3) is 0.917. The summed E-state index contributed by atoms with van der Waals surface area (Å²) in [5.41, 5.74) is 0. The van der Waals surface area contributed by atoms with Gasteiger partial charge in [0.15, 0.2) is 0 Å². The van der Waals surface area contributed by atoms with Gasteiger partial charge in [0.1, 0.15) is 5.78 Å². The van der Waals surface area contributed by atoms with Gasteiger partial charge in [0.05, 0.1) is 6.54 Å². The number of hydrogen-bond acceptors (Lipinski definition) is 2. The van der Waals surface area contributed by atoms with Crippen LogP contribution in [0.4, 0.5) is 0 Å². The summed E-state index contributed by atoms with van der Waals surface area (Å²) in [7, 11) is 0. The van der Waals surface area contributed by atoms with E-state index in [2.05, 4.69) is 11.8 Å². The van der Waals surface area contributed by atoms with Crippen LogP contribution in [-0.2, 0) is 4.79 Å². The number of carbonyl (C=O) groups is 1. The molecule has 0 spiro atoms. The van der Waals surface area contributed by atoms with Crippen LogP contribution in [-0.4, -0.2) is 29.8 Å². The lowest BCUT2D eigenvalue weighted by molar-refractivity contribution is -0.117. The van der Waals surface area contributed by atoms with Crippen molar-refractivity contribution in [3.63, 3.8) is 0 Å². The van der Waals surface area contributed by atoms with E-state index in [-0.39, 0.29) is 0 Å². The molecule has 2 atom stereocenters. The topological polar surface area (TPSA) is 20.3 Å². The third-order valence-corrected chi connectivity index (χ3v) is 3.92. The van der Waals surface area contributed by atoms with E-state index in [1.807, 2.05) is 0 Å². The molecule has 1 saturated heterocycles. The molecule has 2 nitrogen and oxygen atoms in total. The third kappa shape index (κ3) is 2.00. The fourth-order valence-electron chi connectivity index (χ4n) is 3.08. The van der Waals surface area contributed by atoms with Crippen molar-refractivity contribution in [2.45, 2.75) is 51.5 Å². The Kier molecular flexibility index (Phi) is 3.22. The van der Waals surface area contributed by atoms with Crippen molar-refractivity contribution >= 4 is 5.78 Å². The van der Waals surface area contributed by atoms with Gasteiger partial charge in [-0.1, -0.05) is 26.2 Å². The van der Waals surface area contributed by atoms with E-state index < -0.39 is 0 Å². The molecule has 1 saturated carbocycles. The lowest BCUT2D eigenvalue weighted by Gasteiger charge is -2.37. The Hall–Kier alpha value is -0.370. The van der Waals surface area contributed by atoms with Gasteiger partial charge in [-0.15, -0.1) is 0 Å². The minimum absolute atomic E-state index is 0.449. The SMILES string of the molecule is CCC1CCCCC1N1CCC(=O)C1. The van der Waals surface area contributed by atoms with E-state index in [1.165, 1.54) is 32.1 Å². The number of carbonyl (C=O) groups excluding carboxylic acids is 1. The van der Waals surface area contributed by atoms with Gasteiger partial charge in [0.25, 0.3) is 0 Å². The van der Waals surface area contributed by atoms with Crippen LogP contribution in [0, 0.1) is 5.92 Å². The number of ketones is 1. The van der Waals surface area contributed by atoms with E-state index in [1.54, 1.807) is 0 Å². The first-order valence-corrected chi connectivity index (χ1v) is 6.07. The molecule has 2 unspecified atom stereocenters. The molecule has 0 aromatic rings. The highest BCUT2D eigenvalue weighted by Gasteiger charge is 2.32. The molecule has 1 heterocycles. The summed E-state index contributed by atoms with van der Waals surface area (Å²) < 4.78 is 0. The molecule has 0 aromatic carbocycles. The molecule has 0 radical (unpaired) electrons. The average Bonchev–Trinajstić information content (AvgIpc) is 2.65. The van der Waals surface area contributed by atoms with E-state index in [9.17, 15) is 4.79 Å². The fourth-order valence-corrected chi connectivity index (χ4v) is 3.08. The second kappa shape index (κ2) is 4.43. The first-order chi connectivity index (χ1) is 6.81. The number of Topliss-reactive ketones (excluding diaryl/α,β-unsaturated/α-hetero) is 1. The molecule has 1 aliphatic carbocycles. The Morgan fingerprint density at radius 1 is 1.36 bits per heavy atom.